The highest BCUT2D eigenvalue weighted by molar-refractivity contribution is 5.95. The molecule has 0 aromatic heterocycles. The molecular formula is C20H29N3O2. The minimum atomic E-state index is 0.198. The van der Waals surface area contributed by atoms with Gasteiger partial charge in [-0.25, -0.2) is 0 Å². The van der Waals surface area contributed by atoms with E-state index >= 15 is 0 Å². The third-order valence-electron chi connectivity index (χ3n) is 5.52. The molecule has 25 heavy (non-hydrogen) atoms. The Labute approximate surface area is 150 Å². The van der Waals surface area contributed by atoms with Gasteiger partial charge >= 0.3 is 0 Å². The molecule has 2 aliphatic heterocycles. The molecule has 5 heteroatoms. The Morgan fingerprint density at radius 3 is 2.48 bits per heavy atom. The summed E-state index contributed by atoms with van der Waals surface area (Å²) >= 11 is 0. The molecule has 2 saturated heterocycles. The fourth-order valence-electron chi connectivity index (χ4n) is 4.01. The van der Waals surface area contributed by atoms with Gasteiger partial charge in [-0.05, 0) is 43.6 Å². The second-order valence-corrected chi connectivity index (χ2v) is 7.00. The van der Waals surface area contributed by atoms with E-state index in [9.17, 15) is 9.59 Å². The molecule has 0 N–H and O–H groups in total. The van der Waals surface area contributed by atoms with Crippen molar-refractivity contribution in [3.63, 3.8) is 0 Å². The largest absolute Gasteiger partial charge is 0.341 e. The lowest BCUT2D eigenvalue weighted by Gasteiger charge is -2.26. The van der Waals surface area contributed by atoms with E-state index in [2.05, 4.69) is 18.7 Å². The number of carbonyl (C=O) groups excluding carboxylic acids is 2. The Morgan fingerprint density at radius 2 is 1.88 bits per heavy atom. The summed E-state index contributed by atoms with van der Waals surface area (Å²) in [5.74, 6) is 0.406. The number of likely N-dealkylation sites (tertiary alicyclic amines) is 1. The summed E-state index contributed by atoms with van der Waals surface area (Å²) in [6, 6.07) is 8.40. The fourth-order valence-corrected chi connectivity index (χ4v) is 4.01. The standard InChI is InChI=1S/C20H29N3O2/c1-3-21(4-2)18-11-13-22(15-18)20(25)14-16-7-9-17(10-8-16)23-12-5-6-19(23)24/h7-10,18H,3-6,11-15H2,1-2H3/t18-/m1/s1. The van der Waals surface area contributed by atoms with E-state index < -0.39 is 0 Å². The molecule has 2 heterocycles. The number of hydrogen-bond donors (Lipinski definition) is 0. The number of rotatable bonds is 6. The van der Waals surface area contributed by atoms with Crippen LogP contribution in [0.2, 0.25) is 0 Å². The summed E-state index contributed by atoms with van der Waals surface area (Å²) in [5.41, 5.74) is 1.97. The zero-order valence-electron chi connectivity index (χ0n) is 15.4. The maximum Gasteiger partial charge on any atom is 0.227 e. The number of carbonyl (C=O) groups is 2. The van der Waals surface area contributed by atoms with Crippen LogP contribution in [0, 0.1) is 0 Å². The molecule has 1 atom stereocenters. The van der Waals surface area contributed by atoms with Gasteiger partial charge in [0.05, 0.1) is 6.42 Å². The van der Waals surface area contributed by atoms with E-state index in [4.69, 9.17) is 0 Å². The number of amides is 2. The van der Waals surface area contributed by atoms with Crippen LogP contribution in [0.25, 0.3) is 0 Å². The third kappa shape index (κ3) is 4.03. The van der Waals surface area contributed by atoms with E-state index in [0.29, 0.717) is 18.9 Å². The second kappa shape index (κ2) is 8.00. The predicted octanol–water partition coefficient (Wildman–Crippen LogP) is 2.30. The van der Waals surface area contributed by atoms with Gasteiger partial charge in [-0.3, -0.25) is 14.5 Å². The monoisotopic (exact) mass is 343 g/mol. The van der Waals surface area contributed by atoms with Crippen molar-refractivity contribution in [3.05, 3.63) is 29.8 Å². The van der Waals surface area contributed by atoms with Crippen LogP contribution in [0.4, 0.5) is 5.69 Å². The molecule has 2 fully saturated rings. The zero-order valence-corrected chi connectivity index (χ0v) is 15.4. The topological polar surface area (TPSA) is 43.9 Å². The van der Waals surface area contributed by atoms with Crippen molar-refractivity contribution >= 4 is 17.5 Å². The van der Waals surface area contributed by atoms with E-state index in [0.717, 1.165) is 56.8 Å². The van der Waals surface area contributed by atoms with Gasteiger partial charge in [-0.1, -0.05) is 26.0 Å². The number of hydrogen-bond acceptors (Lipinski definition) is 3. The average molecular weight is 343 g/mol. The lowest BCUT2D eigenvalue weighted by Crippen LogP contribution is -2.39. The molecule has 1 aromatic rings. The van der Waals surface area contributed by atoms with E-state index in [1.165, 1.54) is 0 Å². The van der Waals surface area contributed by atoms with Crippen molar-refractivity contribution in [1.29, 1.82) is 0 Å². The van der Waals surface area contributed by atoms with Crippen molar-refractivity contribution in [3.8, 4) is 0 Å². The Kier molecular flexibility index (Phi) is 5.74. The zero-order chi connectivity index (χ0) is 17.8. The quantitative estimate of drug-likeness (QED) is 0.796. The highest BCUT2D eigenvalue weighted by Gasteiger charge is 2.29. The summed E-state index contributed by atoms with van der Waals surface area (Å²) in [4.78, 5) is 30.7. The molecule has 0 spiro atoms. The molecular weight excluding hydrogens is 314 g/mol. The highest BCUT2D eigenvalue weighted by Crippen LogP contribution is 2.22. The van der Waals surface area contributed by atoms with Crippen LogP contribution in [0.15, 0.2) is 24.3 Å². The van der Waals surface area contributed by atoms with Crippen molar-refractivity contribution in [2.24, 2.45) is 0 Å². The van der Waals surface area contributed by atoms with Crippen LogP contribution in [0.1, 0.15) is 38.7 Å². The normalized spacial score (nSPS) is 20.8. The first-order valence-electron chi connectivity index (χ1n) is 9.53. The molecule has 2 aliphatic rings. The number of benzene rings is 1. The first-order valence-corrected chi connectivity index (χ1v) is 9.53. The Morgan fingerprint density at radius 1 is 1.16 bits per heavy atom. The van der Waals surface area contributed by atoms with Gasteiger partial charge in [0.25, 0.3) is 0 Å². The van der Waals surface area contributed by atoms with Crippen LogP contribution in [0.5, 0.6) is 0 Å². The number of likely N-dealkylation sites (N-methyl/N-ethyl adjacent to an activating group) is 1. The van der Waals surface area contributed by atoms with Gasteiger partial charge in [0.2, 0.25) is 11.8 Å². The fraction of sp³-hybridized carbons (Fsp3) is 0.600. The molecule has 1 aromatic carbocycles. The first-order chi connectivity index (χ1) is 12.1. The van der Waals surface area contributed by atoms with E-state index in [-0.39, 0.29) is 11.8 Å². The van der Waals surface area contributed by atoms with Crippen LogP contribution < -0.4 is 4.90 Å². The van der Waals surface area contributed by atoms with E-state index in [1.807, 2.05) is 34.1 Å². The van der Waals surface area contributed by atoms with Crippen molar-refractivity contribution in [1.82, 2.24) is 9.80 Å². The molecule has 0 aliphatic carbocycles. The third-order valence-corrected chi connectivity index (χ3v) is 5.52. The molecule has 2 amide bonds. The maximum atomic E-state index is 12.6. The number of nitrogens with zero attached hydrogens (tertiary/aromatic N) is 3. The minimum absolute atomic E-state index is 0.198. The predicted molar refractivity (Wildman–Crippen MR) is 99.6 cm³/mol. The summed E-state index contributed by atoms with van der Waals surface area (Å²) in [5, 5.41) is 0. The smallest absolute Gasteiger partial charge is 0.227 e. The van der Waals surface area contributed by atoms with Crippen LogP contribution >= 0.6 is 0 Å². The molecule has 0 unspecified atom stereocenters. The first kappa shape index (κ1) is 17.9. The molecule has 0 bridgehead atoms. The minimum Gasteiger partial charge on any atom is -0.341 e. The van der Waals surface area contributed by atoms with Gasteiger partial charge in [-0.2, -0.15) is 0 Å². The second-order valence-electron chi connectivity index (χ2n) is 7.00. The van der Waals surface area contributed by atoms with Crippen molar-refractivity contribution < 1.29 is 9.59 Å². The molecule has 0 radical (unpaired) electrons. The van der Waals surface area contributed by atoms with Crippen LogP contribution in [0.3, 0.4) is 0 Å². The van der Waals surface area contributed by atoms with Gasteiger partial charge in [0.1, 0.15) is 0 Å². The number of anilines is 1. The SMILES string of the molecule is CCN(CC)[C@@H]1CCN(C(=O)Cc2ccc(N3CCCC3=O)cc2)C1. The van der Waals surface area contributed by atoms with E-state index in [1.54, 1.807) is 0 Å². The Balaban J connectivity index is 1.55. The maximum absolute atomic E-state index is 12.6. The van der Waals surface area contributed by atoms with Gasteiger partial charge < -0.3 is 9.80 Å². The lowest BCUT2D eigenvalue weighted by atomic mass is 10.1. The average Bonchev–Trinajstić information content (AvgIpc) is 3.26. The Hall–Kier alpha value is -1.88. The summed E-state index contributed by atoms with van der Waals surface area (Å²) < 4.78 is 0. The molecule has 136 valence electrons. The molecule has 5 nitrogen and oxygen atoms in total. The van der Waals surface area contributed by atoms with Gasteiger partial charge in [0.15, 0.2) is 0 Å². The van der Waals surface area contributed by atoms with Crippen molar-refractivity contribution in [2.45, 2.75) is 45.6 Å². The Bertz CT molecular complexity index is 610. The van der Waals surface area contributed by atoms with Gasteiger partial charge in [0, 0.05) is 37.8 Å². The van der Waals surface area contributed by atoms with Crippen molar-refractivity contribution in [2.75, 3.05) is 37.6 Å². The molecule has 0 saturated carbocycles. The van der Waals surface area contributed by atoms with Crippen LogP contribution in [-0.2, 0) is 16.0 Å². The summed E-state index contributed by atoms with van der Waals surface area (Å²) in [7, 11) is 0. The lowest BCUT2D eigenvalue weighted by molar-refractivity contribution is -0.129. The molecule has 3 rings (SSSR count). The van der Waals surface area contributed by atoms with Crippen LogP contribution in [-0.4, -0.2) is 60.4 Å². The highest BCUT2D eigenvalue weighted by atomic mass is 16.2. The summed E-state index contributed by atoms with van der Waals surface area (Å²) in [6.45, 7) is 8.96. The van der Waals surface area contributed by atoms with Gasteiger partial charge in [-0.15, -0.1) is 0 Å². The summed E-state index contributed by atoms with van der Waals surface area (Å²) in [6.07, 6.45) is 3.09.